The van der Waals surface area contributed by atoms with E-state index >= 15 is 0 Å². The van der Waals surface area contributed by atoms with Crippen molar-refractivity contribution >= 4 is 40.4 Å². The maximum atomic E-state index is 11.3. The predicted molar refractivity (Wildman–Crippen MR) is 147 cm³/mol. The molecule has 0 fully saturated rings. The van der Waals surface area contributed by atoms with E-state index in [1.54, 1.807) is 12.1 Å². The van der Waals surface area contributed by atoms with Crippen molar-refractivity contribution in [3.05, 3.63) is 100 Å². The molecule has 0 atom stereocenters. The first kappa shape index (κ1) is 27.1. The molecule has 3 N–H and O–H groups in total. The van der Waals surface area contributed by atoms with Gasteiger partial charge >= 0.3 is 5.97 Å². The lowest BCUT2D eigenvalue weighted by Gasteiger charge is -2.09. The summed E-state index contributed by atoms with van der Waals surface area (Å²) in [5, 5.41) is 9.85. The maximum absolute atomic E-state index is 11.3. The zero-order valence-electron chi connectivity index (χ0n) is 20.2. The van der Waals surface area contributed by atoms with Gasteiger partial charge in [-0.25, -0.2) is 9.78 Å². The third-order valence-electron chi connectivity index (χ3n) is 5.60. The second-order valence-corrected chi connectivity index (χ2v) is 8.68. The van der Waals surface area contributed by atoms with Crippen molar-refractivity contribution in [1.29, 1.82) is 0 Å². The maximum Gasteiger partial charge on any atom is 0.337 e. The molecule has 0 spiro atoms. The number of nitrogen functional groups attached to an aromatic ring is 1. The van der Waals surface area contributed by atoms with Crippen LogP contribution in [0.3, 0.4) is 0 Å². The number of ether oxygens (including phenoxy) is 1. The molecule has 8 heteroatoms. The number of hydrogen-bond acceptors (Lipinski definition) is 4. The molecule has 3 rings (SSSR count). The van der Waals surface area contributed by atoms with Crippen molar-refractivity contribution in [3.63, 3.8) is 0 Å². The van der Waals surface area contributed by atoms with E-state index in [1.807, 2.05) is 49.5 Å². The van der Waals surface area contributed by atoms with Crippen molar-refractivity contribution in [3.8, 4) is 11.5 Å². The van der Waals surface area contributed by atoms with Crippen LogP contribution in [0.4, 0.5) is 5.69 Å². The molecule has 0 amide bonds. The van der Waals surface area contributed by atoms with Crippen LogP contribution in [-0.4, -0.2) is 20.6 Å². The Hall–Kier alpha value is -3.48. The van der Waals surface area contributed by atoms with Gasteiger partial charge in [0.15, 0.2) is 0 Å². The number of carboxylic acids is 1. The average molecular weight is 526 g/mol. The molecule has 0 saturated heterocycles. The van der Waals surface area contributed by atoms with Gasteiger partial charge in [0.05, 0.1) is 11.3 Å². The molecule has 3 aromatic rings. The molecule has 0 radical (unpaired) electrons. The summed E-state index contributed by atoms with van der Waals surface area (Å²) >= 11 is 12.1. The molecular formula is C28H29Cl2N3O3. The molecule has 1 heterocycles. The smallest absolute Gasteiger partial charge is 0.337 e. The highest BCUT2D eigenvalue weighted by Crippen LogP contribution is 2.27. The van der Waals surface area contributed by atoms with E-state index in [0.29, 0.717) is 16.5 Å². The number of anilines is 1. The third kappa shape index (κ3) is 7.03. The third-order valence-corrected chi connectivity index (χ3v) is 6.17. The minimum absolute atomic E-state index is 0.0174. The van der Waals surface area contributed by atoms with Crippen LogP contribution in [-0.2, 0) is 19.4 Å². The standard InChI is InChI=1S/C28H29Cl2N3O3/c1-3-24(30)22(8-6-16-29)26-18-33(4-2)27(32-26)9-5-7-19-10-12-20(13-11-19)36-21-14-15-25(31)23(17-21)28(34)35/h3,6,8,10-18H,4-5,7,9,31H2,1-2H3,(H,34,35)/b16-6+,22-8+,24-3+. The van der Waals surface area contributed by atoms with Gasteiger partial charge in [0.2, 0.25) is 0 Å². The van der Waals surface area contributed by atoms with Crippen LogP contribution in [0.1, 0.15) is 47.7 Å². The first-order valence-corrected chi connectivity index (χ1v) is 12.4. The number of carboxylic acid groups (broad SMARTS) is 1. The fourth-order valence-electron chi connectivity index (χ4n) is 3.73. The van der Waals surface area contributed by atoms with Crippen molar-refractivity contribution in [1.82, 2.24) is 9.55 Å². The van der Waals surface area contributed by atoms with Gasteiger partial charge in [0.25, 0.3) is 0 Å². The second-order valence-electron chi connectivity index (χ2n) is 8.02. The Bertz CT molecular complexity index is 1290. The Labute approximate surface area is 221 Å². The lowest BCUT2D eigenvalue weighted by atomic mass is 10.1. The number of nitrogens with zero attached hydrogens (tertiary/aromatic N) is 2. The van der Waals surface area contributed by atoms with Crippen LogP contribution in [0.15, 0.2) is 77.5 Å². The predicted octanol–water partition coefficient (Wildman–Crippen LogP) is 7.43. The second kappa shape index (κ2) is 13.0. The van der Waals surface area contributed by atoms with E-state index in [2.05, 4.69) is 11.5 Å². The molecule has 0 aliphatic heterocycles. The fourth-order valence-corrected chi connectivity index (χ4v) is 3.96. The summed E-state index contributed by atoms with van der Waals surface area (Å²) in [4.78, 5) is 16.1. The Balaban J connectivity index is 1.64. The minimum Gasteiger partial charge on any atom is -0.478 e. The van der Waals surface area contributed by atoms with Crippen molar-refractivity contribution in [2.75, 3.05) is 5.73 Å². The summed E-state index contributed by atoms with van der Waals surface area (Å²) in [6.07, 6.45) is 10.1. The summed E-state index contributed by atoms with van der Waals surface area (Å²) in [6, 6.07) is 12.4. The molecule has 0 unspecified atom stereocenters. The summed E-state index contributed by atoms with van der Waals surface area (Å²) in [6.45, 7) is 4.79. The van der Waals surface area contributed by atoms with E-state index in [9.17, 15) is 9.90 Å². The van der Waals surface area contributed by atoms with Crippen LogP contribution in [0, 0.1) is 0 Å². The van der Waals surface area contributed by atoms with Crippen LogP contribution >= 0.6 is 23.2 Å². The molecule has 0 aliphatic carbocycles. The summed E-state index contributed by atoms with van der Waals surface area (Å²) in [5.74, 6) is 0.960. The number of aromatic nitrogens is 2. The number of imidazole rings is 1. The van der Waals surface area contributed by atoms with Crippen LogP contribution < -0.4 is 10.5 Å². The minimum atomic E-state index is -1.09. The average Bonchev–Trinajstić information content (AvgIpc) is 3.28. The van der Waals surface area contributed by atoms with Gasteiger partial charge in [-0.3, -0.25) is 0 Å². The largest absolute Gasteiger partial charge is 0.478 e. The molecular weight excluding hydrogens is 497 g/mol. The van der Waals surface area contributed by atoms with Crippen molar-refractivity contribution < 1.29 is 14.6 Å². The number of carbonyl (C=O) groups is 1. The van der Waals surface area contributed by atoms with Gasteiger partial charge < -0.3 is 20.1 Å². The monoisotopic (exact) mass is 525 g/mol. The zero-order valence-corrected chi connectivity index (χ0v) is 21.8. The van der Waals surface area contributed by atoms with Gasteiger partial charge in [-0.15, -0.1) is 0 Å². The Kier molecular flexibility index (Phi) is 9.79. The van der Waals surface area contributed by atoms with E-state index in [4.69, 9.17) is 38.7 Å². The molecule has 6 nitrogen and oxygen atoms in total. The number of nitrogens with two attached hydrogens (primary N) is 1. The van der Waals surface area contributed by atoms with E-state index in [1.165, 1.54) is 23.2 Å². The highest BCUT2D eigenvalue weighted by atomic mass is 35.5. The number of halogens is 2. The molecule has 0 aliphatic rings. The number of benzene rings is 2. The van der Waals surface area contributed by atoms with E-state index in [0.717, 1.165) is 42.9 Å². The number of aromatic carboxylic acids is 1. The van der Waals surface area contributed by atoms with E-state index in [-0.39, 0.29) is 11.3 Å². The number of aryl methyl sites for hydroxylation is 3. The van der Waals surface area contributed by atoms with Crippen LogP contribution in [0.25, 0.3) is 5.57 Å². The molecule has 188 valence electrons. The summed E-state index contributed by atoms with van der Waals surface area (Å²) < 4.78 is 7.94. The Morgan fingerprint density at radius 3 is 2.53 bits per heavy atom. The van der Waals surface area contributed by atoms with Gasteiger partial charge in [-0.1, -0.05) is 53.6 Å². The molecule has 2 aromatic carbocycles. The zero-order chi connectivity index (χ0) is 26.1. The highest BCUT2D eigenvalue weighted by Gasteiger charge is 2.13. The number of allylic oxidation sites excluding steroid dienone is 5. The van der Waals surface area contributed by atoms with Crippen molar-refractivity contribution in [2.24, 2.45) is 0 Å². The van der Waals surface area contributed by atoms with E-state index < -0.39 is 5.97 Å². The van der Waals surface area contributed by atoms with Gasteiger partial charge in [0, 0.05) is 41.0 Å². The molecule has 0 saturated carbocycles. The molecule has 0 bridgehead atoms. The SMILES string of the molecule is C\C=C(Cl)/C(=C\C=C\Cl)c1cn(CC)c(CCCc2ccc(Oc3ccc(N)c(C(=O)O)c3)cc2)n1. The summed E-state index contributed by atoms with van der Waals surface area (Å²) in [5.41, 5.74) is 10.2. The lowest BCUT2D eigenvalue weighted by molar-refractivity contribution is 0.0697. The quantitative estimate of drug-likeness (QED) is 0.200. The molecule has 1 aromatic heterocycles. The Morgan fingerprint density at radius 1 is 1.17 bits per heavy atom. The van der Waals surface area contributed by atoms with Gasteiger partial charge in [-0.05, 0) is 62.6 Å². The molecule has 36 heavy (non-hydrogen) atoms. The first-order valence-electron chi connectivity index (χ1n) is 11.6. The van der Waals surface area contributed by atoms with Crippen LogP contribution in [0.2, 0.25) is 0 Å². The lowest BCUT2D eigenvalue weighted by Crippen LogP contribution is -2.02. The Morgan fingerprint density at radius 2 is 1.89 bits per heavy atom. The number of hydrogen-bond donors (Lipinski definition) is 2. The number of rotatable bonds is 11. The first-order chi connectivity index (χ1) is 17.4. The summed E-state index contributed by atoms with van der Waals surface area (Å²) in [7, 11) is 0. The normalized spacial score (nSPS) is 12.3. The fraction of sp³-hybridized carbons (Fsp3) is 0.214. The highest BCUT2D eigenvalue weighted by molar-refractivity contribution is 6.37. The van der Waals surface area contributed by atoms with Crippen molar-refractivity contribution in [2.45, 2.75) is 39.7 Å². The topological polar surface area (TPSA) is 90.4 Å². The van der Waals surface area contributed by atoms with Gasteiger partial charge in [0.1, 0.15) is 17.3 Å². The van der Waals surface area contributed by atoms with Crippen LogP contribution in [0.5, 0.6) is 11.5 Å². The van der Waals surface area contributed by atoms with Gasteiger partial charge in [-0.2, -0.15) is 0 Å².